The van der Waals surface area contributed by atoms with Crippen LogP contribution in [-0.2, 0) is 0 Å². The lowest BCUT2D eigenvalue weighted by molar-refractivity contribution is 0.0957. The third-order valence-corrected chi connectivity index (χ3v) is 8.42. The van der Waals surface area contributed by atoms with Crippen molar-refractivity contribution in [3.8, 4) is 22.5 Å². The maximum Gasteiger partial charge on any atom is 0.262 e. The number of fused-ring (bicyclic) bond motifs is 2. The Balaban J connectivity index is 1.58. The first-order valence-corrected chi connectivity index (χ1v) is 15.9. The average molecular weight is 617 g/mol. The zero-order chi connectivity index (χ0) is 30.3. The molecule has 0 saturated heterocycles. The van der Waals surface area contributed by atoms with Crippen molar-refractivity contribution < 1.29 is 9.21 Å². The van der Waals surface area contributed by atoms with Gasteiger partial charge in [-0.2, -0.15) is 0 Å². The molecule has 11 heteroatoms. The molecule has 2 aromatic carbocycles. The number of amides is 1. The standard InChI is InChI=1S/C32H34ClN7O2S/c1-5-39(6-2)21-13-15-25-27(19-21)42-28-20-22(40(7-3)8-4)14-16-26(28)29(25)23-11-9-10-12-24(23)30(41)34-17-18-43-32-37-35-31(33)36-38-32/h9-16,19-20H,5-8,17-18H2,1-4H3/p+1. The van der Waals surface area contributed by atoms with Crippen LogP contribution in [0.25, 0.3) is 33.4 Å². The Kier molecular flexibility index (Phi) is 9.89. The van der Waals surface area contributed by atoms with Gasteiger partial charge in [0.2, 0.25) is 10.5 Å². The number of anilines is 1. The lowest BCUT2D eigenvalue weighted by Gasteiger charge is -2.22. The van der Waals surface area contributed by atoms with Crippen LogP contribution >= 0.6 is 23.4 Å². The number of benzene rings is 3. The van der Waals surface area contributed by atoms with Crippen molar-refractivity contribution in [3.63, 3.8) is 0 Å². The number of carbonyl (C=O) groups is 1. The molecule has 5 rings (SSSR count). The van der Waals surface area contributed by atoms with Crippen LogP contribution in [0.3, 0.4) is 0 Å². The van der Waals surface area contributed by atoms with E-state index in [9.17, 15) is 4.79 Å². The summed E-state index contributed by atoms with van der Waals surface area (Å²) in [6.45, 7) is 12.6. The van der Waals surface area contributed by atoms with Gasteiger partial charge in [0.25, 0.3) is 11.2 Å². The van der Waals surface area contributed by atoms with Gasteiger partial charge in [-0.15, -0.1) is 20.4 Å². The van der Waals surface area contributed by atoms with Crippen LogP contribution < -0.4 is 20.1 Å². The van der Waals surface area contributed by atoms with Gasteiger partial charge in [0.05, 0.1) is 6.07 Å². The fourth-order valence-corrected chi connectivity index (χ4v) is 5.96. The first-order valence-electron chi connectivity index (χ1n) is 14.5. The van der Waals surface area contributed by atoms with Gasteiger partial charge in [-0.3, -0.25) is 4.79 Å². The van der Waals surface area contributed by atoms with Crippen molar-refractivity contribution in [1.82, 2.24) is 30.3 Å². The van der Waals surface area contributed by atoms with Crippen LogP contribution in [0.4, 0.5) is 5.69 Å². The maximum absolute atomic E-state index is 13.6. The highest BCUT2D eigenvalue weighted by Crippen LogP contribution is 2.42. The third-order valence-electron chi connectivity index (χ3n) is 7.44. The minimum absolute atomic E-state index is 0.00317. The number of halogens is 1. The summed E-state index contributed by atoms with van der Waals surface area (Å²) in [6, 6.07) is 20.4. The van der Waals surface area contributed by atoms with Gasteiger partial charge >= 0.3 is 0 Å². The highest BCUT2D eigenvalue weighted by molar-refractivity contribution is 7.99. The zero-order valence-corrected chi connectivity index (χ0v) is 26.4. The molecule has 1 aromatic heterocycles. The second-order valence-corrected chi connectivity index (χ2v) is 11.2. The molecule has 0 radical (unpaired) electrons. The topological polar surface area (TPSA) is 100 Å². The van der Waals surface area contributed by atoms with E-state index in [1.165, 1.54) is 11.8 Å². The number of nitrogens with zero attached hydrogens (tertiary/aromatic N) is 6. The summed E-state index contributed by atoms with van der Waals surface area (Å²) in [6.07, 6.45) is 0. The van der Waals surface area contributed by atoms with E-state index in [-0.39, 0.29) is 11.2 Å². The number of hydrogen-bond acceptors (Lipinski definition) is 8. The fourth-order valence-electron chi connectivity index (χ4n) is 5.30. The second-order valence-electron chi connectivity index (χ2n) is 9.78. The predicted molar refractivity (Wildman–Crippen MR) is 174 cm³/mol. The maximum atomic E-state index is 13.6. The molecule has 0 spiro atoms. The van der Waals surface area contributed by atoms with Crippen molar-refractivity contribution in [2.75, 3.05) is 43.4 Å². The normalized spacial score (nSPS) is 11.2. The Labute approximate surface area is 260 Å². The Hall–Kier alpha value is -4.02. The molecule has 0 unspecified atom stereocenters. The monoisotopic (exact) mass is 616 g/mol. The fraction of sp³-hybridized carbons (Fsp3) is 0.312. The van der Waals surface area contributed by atoms with Gasteiger partial charge in [-0.05, 0) is 69.1 Å². The summed E-state index contributed by atoms with van der Waals surface area (Å²) < 4.78 is 8.91. The van der Waals surface area contributed by atoms with Crippen molar-refractivity contribution in [2.45, 2.75) is 32.9 Å². The van der Waals surface area contributed by atoms with Crippen LogP contribution in [0, 0.1) is 0 Å². The lowest BCUT2D eigenvalue weighted by Crippen LogP contribution is -2.29. The smallest absolute Gasteiger partial charge is 0.262 e. The highest BCUT2D eigenvalue weighted by Gasteiger charge is 2.23. The van der Waals surface area contributed by atoms with Gasteiger partial charge in [0.15, 0.2) is 0 Å². The molecule has 1 amide bonds. The molecule has 3 aromatic rings. The van der Waals surface area contributed by atoms with E-state index in [1.807, 2.05) is 24.3 Å². The van der Waals surface area contributed by atoms with Gasteiger partial charge in [-0.1, -0.05) is 30.0 Å². The van der Waals surface area contributed by atoms with Crippen molar-refractivity contribution >= 4 is 45.9 Å². The van der Waals surface area contributed by atoms with Crippen LogP contribution in [0.5, 0.6) is 0 Å². The number of carbonyl (C=O) groups excluding carboxylic acids is 1. The second kappa shape index (κ2) is 14.0. The van der Waals surface area contributed by atoms with E-state index < -0.39 is 0 Å². The van der Waals surface area contributed by atoms with Crippen LogP contribution in [0.2, 0.25) is 5.28 Å². The summed E-state index contributed by atoms with van der Waals surface area (Å²) in [5, 5.41) is 20.7. The molecule has 0 saturated carbocycles. The predicted octanol–water partition coefficient (Wildman–Crippen LogP) is 5.62. The lowest BCUT2D eigenvalue weighted by atomic mass is 9.90. The zero-order valence-electron chi connectivity index (χ0n) is 24.8. The minimum atomic E-state index is -0.161. The Morgan fingerprint density at radius 2 is 1.67 bits per heavy atom. The first-order chi connectivity index (χ1) is 21.0. The molecule has 0 atom stereocenters. The summed E-state index contributed by atoms with van der Waals surface area (Å²) in [5.74, 6) is 1.17. The molecular weight excluding hydrogens is 582 g/mol. The SMILES string of the molecule is CCN(CC)c1ccc2c(-c3ccccc3C(=O)NCCSc3nnc(Cl)nn3)c3ccc(=[N+](CC)CC)cc-3oc2c1. The van der Waals surface area contributed by atoms with Gasteiger partial charge in [-0.25, -0.2) is 4.58 Å². The Bertz CT molecular complexity index is 1760. The van der Waals surface area contributed by atoms with Crippen LogP contribution in [0.15, 0.2) is 70.2 Å². The molecule has 222 valence electrons. The molecule has 1 aliphatic carbocycles. The summed E-state index contributed by atoms with van der Waals surface area (Å²) >= 11 is 7.01. The molecule has 9 nitrogen and oxygen atoms in total. The number of aromatic nitrogens is 4. The molecule has 0 fully saturated rings. The molecule has 1 N–H and O–H groups in total. The minimum Gasteiger partial charge on any atom is -0.456 e. The van der Waals surface area contributed by atoms with E-state index in [4.69, 9.17) is 16.0 Å². The molecule has 1 aliphatic heterocycles. The largest absolute Gasteiger partial charge is 0.456 e. The quantitative estimate of drug-likeness (QED) is 0.0884. The third kappa shape index (κ3) is 6.65. The van der Waals surface area contributed by atoms with Crippen LogP contribution in [0.1, 0.15) is 38.1 Å². The molecule has 2 heterocycles. The van der Waals surface area contributed by atoms with Crippen molar-refractivity contribution in [3.05, 3.63) is 76.9 Å². The van der Waals surface area contributed by atoms with E-state index in [0.717, 1.165) is 70.6 Å². The Morgan fingerprint density at radius 1 is 0.930 bits per heavy atom. The number of nitrogens with one attached hydrogen (secondary N) is 1. The van der Waals surface area contributed by atoms with Crippen molar-refractivity contribution in [1.29, 1.82) is 0 Å². The van der Waals surface area contributed by atoms with Gasteiger partial charge in [0.1, 0.15) is 24.4 Å². The molecular formula is C32H35ClN7O2S+. The number of thioether (sulfide) groups is 1. The van der Waals surface area contributed by atoms with Crippen LogP contribution in [-0.4, -0.2) is 64.8 Å². The van der Waals surface area contributed by atoms with Gasteiger partial charge in [0, 0.05) is 65.3 Å². The van der Waals surface area contributed by atoms with E-state index in [1.54, 1.807) is 0 Å². The number of hydrogen-bond donors (Lipinski definition) is 1. The summed E-state index contributed by atoms with van der Waals surface area (Å²) in [4.78, 5) is 15.9. The molecule has 2 aliphatic rings. The molecule has 43 heavy (non-hydrogen) atoms. The first kappa shape index (κ1) is 30.4. The molecule has 0 bridgehead atoms. The highest BCUT2D eigenvalue weighted by atomic mass is 35.5. The van der Waals surface area contributed by atoms with E-state index >= 15 is 0 Å². The van der Waals surface area contributed by atoms with E-state index in [0.29, 0.717) is 23.0 Å². The average Bonchev–Trinajstić information content (AvgIpc) is 3.03. The summed E-state index contributed by atoms with van der Waals surface area (Å²) in [7, 11) is 0. The van der Waals surface area contributed by atoms with E-state index in [2.05, 4.69) is 99.3 Å². The van der Waals surface area contributed by atoms with Crippen molar-refractivity contribution in [2.24, 2.45) is 0 Å². The number of rotatable bonds is 11. The summed E-state index contributed by atoms with van der Waals surface area (Å²) in [5.41, 5.74) is 5.24. The Morgan fingerprint density at radius 3 is 2.40 bits per heavy atom. The van der Waals surface area contributed by atoms with Gasteiger partial charge < -0.3 is 14.6 Å².